The van der Waals surface area contributed by atoms with Gasteiger partial charge in [-0.15, -0.1) is 0 Å². The Bertz CT molecular complexity index is 734. The lowest BCUT2D eigenvalue weighted by molar-refractivity contribution is 0.397. The van der Waals surface area contributed by atoms with E-state index < -0.39 is 17.2 Å². The molecular formula is C16H18O6. The Kier molecular flexibility index (Phi) is 4.40. The second-order valence-electron chi connectivity index (χ2n) is 5.23. The number of aromatic hydroxyl groups is 2. The first-order valence-electron chi connectivity index (χ1n) is 7.02. The molecule has 22 heavy (non-hydrogen) atoms. The highest BCUT2D eigenvalue weighted by atomic mass is 16.4. The van der Waals surface area contributed by atoms with Gasteiger partial charge in [-0.3, -0.25) is 0 Å². The molecule has 2 aromatic rings. The van der Waals surface area contributed by atoms with Crippen molar-refractivity contribution in [3.8, 4) is 11.5 Å². The summed E-state index contributed by atoms with van der Waals surface area (Å²) in [4.78, 5) is 24.2. The fourth-order valence-electron chi connectivity index (χ4n) is 2.57. The molecule has 6 heteroatoms. The second-order valence-corrected chi connectivity index (χ2v) is 5.23. The monoisotopic (exact) mass is 306 g/mol. The van der Waals surface area contributed by atoms with Crippen molar-refractivity contribution in [2.24, 2.45) is 0 Å². The van der Waals surface area contributed by atoms with Crippen LogP contribution in [0.2, 0.25) is 0 Å². The van der Waals surface area contributed by atoms with Gasteiger partial charge < -0.3 is 19.0 Å². The van der Waals surface area contributed by atoms with Crippen molar-refractivity contribution in [1.29, 1.82) is 0 Å². The SMILES string of the molecule is CCCC(c1c(O)cc(C)oc1=O)c1c(O)cc(C)oc1=O. The minimum atomic E-state index is -0.793. The van der Waals surface area contributed by atoms with Gasteiger partial charge in [-0.2, -0.15) is 0 Å². The molecule has 0 aliphatic heterocycles. The predicted molar refractivity (Wildman–Crippen MR) is 79.5 cm³/mol. The summed E-state index contributed by atoms with van der Waals surface area (Å²) >= 11 is 0. The van der Waals surface area contributed by atoms with Gasteiger partial charge in [0, 0.05) is 18.1 Å². The summed E-state index contributed by atoms with van der Waals surface area (Å²) in [7, 11) is 0. The van der Waals surface area contributed by atoms with Gasteiger partial charge in [-0.05, 0) is 20.3 Å². The molecule has 0 spiro atoms. The molecular weight excluding hydrogens is 288 g/mol. The molecule has 118 valence electrons. The number of rotatable bonds is 4. The Balaban J connectivity index is 2.73. The lowest BCUT2D eigenvalue weighted by atomic mass is 9.88. The van der Waals surface area contributed by atoms with Gasteiger partial charge in [-0.25, -0.2) is 9.59 Å². The van der Waals surface area contributed by atoms with Crippen LogP contribution in [0.4, 0.5) is 0 Å². The van der Waals surface area contributed by atoms with Crippen molar-refractivity contribution in [3.05, 3.63) is 55.6 Å². The van der Waals surface area contributed by atoms with Crippen LogP contribution in [-0.4, -0.2) is 10.2 Å². The Morgan fingerprint density at radius 2 is 1.36 bits per heavy atom. The minimum Gasteiger partial charge on any atom is -0.507 e. The second kappa shape index (κ2) is 6.09. The number of aryl methyl sites for hydroxylation is 2. The maximum absolute atomic E-state index is 12.1. The summed E-state index contributed by atoms with van der Waals surface area (Å²) in [6, 6.07) is 2.62. The largest absolute Gasteiger partial charge is 0.507 e. The third kappa shape index (κ3) is 2.90. The lowest BCUT2D eigenvalue weighted by Crippen LogP contribution is -2.20. The van der Waals surface area contributed by atoms with Crippen LogP contribution in [0.3, 0.4) is 0 Å². The van der Waals surface area contributed by atoms with E-state index in [4.69, 9.17) is 8.83 Å². The van der Waals surface area contributed by atoms with Crippen LogP contribution in [-0.2, 0) is 0 Å². The third-order valence-electron chi connectivity index (χ3n) is 3.45. The zero-order valence-corrected chi connectivity index (χ0v) is 12.7. The fraction of sp³-hybridized carbons (Fsp3) is 0.375. The first kappa shape index (κ1) is 15.9. The molecule has 2 aromatic heterocycles. The highest BCUT2D eigenvalue weighted by Crippen LogP contribution is 2.35. The van der Waals surface area contributed by atoms with Gasteiger partial charge in [0.25, 0.3) is 0 Å². The van der Waals surface area contributed by atoms with Gasteiger partial charge in [0.2, 0.25) is 0 Å². The summed E-state index contributed by atoms with van der Waals surface area (Å²) in [6.07, 6.45) is 1.01. The summed E-state index contributed by atoms with van der Waals surface area (Å²) < 4.78 is 10.0. The van der Waals surface area contributed by atoms with Gasteiger partial charge in [0.15, 0.2) is 0 Å². The van der Waals surface area contributed by atoms with Crippen LogP contribution < -0.4 is 11.3 Å². The normalized spacial score (nSPS) is 11.1. The molecule has 0 atom stereocenters. The van der Waals surface area contributed by atoms with Gasteiger partial charge in [0.1, 0.15) is 23.0 Å². The van der Waals surface area contributed by atoms with E-state index in [1.165, 1.54) is 26.0 Å². The number of hydrogen-bond acceptors (Lipinski definition) is 6. The van der Waals surface area contributed by atoms with E-state index in [1.54, 1.807) is 0 Å². The molecule has 0 saturated carbocycles. The Hall–Kier alpha value is -2.50. The molecule has 6 nitrogen and oxygen atoms in total. The topological polar surface area (TPSA) is 101 Å². The van der Waals surface area contributed by atoms with E-state index in [9.17, 15) is 19.8 Å². The molecule has 0 fully saturated rings. The molecule has 0 aliphatic carbocycles. The van der Waals surface area contributed by atoms with Crippen molar-refractivity contribution in [2.75, 3.05) is 0 Å². The van der Waals surface area contributed by atoms with Crippen LogP contribution in [0.15, 0.2) is 30.6 Å². The van der Waals surface area contributed by atoms with Crippen LogP contribution in [0.1, 0.15) is 48.3 Å². The van der Waals surface area contributed by atoms with Crippen LogP contribution in [0, 0.1) is 13.8 Å². The highest BCUT2D eigenvalue weighted by Gasteiger charge is 2.28. The van der Waals surface area contributed by atoms with Crippen molar-refractivity contribution in [3.63, 3.8) is 0 Å². The van der Waals surface area contributed by atoms with Crippen LogP contribution in [0.5, 0.6) is 11.5 Å². The van der Waals surface area contributed by atoms with E-state index in [0.29, 0.717) is 12.8 Å². The summed E-state index contributed by atoms with van der Waals surface area (Å²) in [5.41, 5.74) is -1.54. The maximum Gasteiger partial charge on any atom is 0.343 e. The smallest absolute Gasteiger partial charge is 0.343 e. The van der Waals surface area contributed by atoms with Gasteiger partial charge >= 0.3 is 11.3 Å². The minimum absolute atomic E-state index is 0.0427. The fourth-order valence-corrected chi connectivity index (χ4v) is 2.57. The molecule has 0 amide bonds. The number of hydrogen-bond donors (Lipinski definition) is 2. The van der Waals surface area contributed by atoms with Crippen molar-refractivity contribution in [2.45, 2.75) is 39.5 Å². The van der Waals surface area contributed by atoms with Crippen molar-refractivity contribution < 1.29 is 19.0 Å². The lowest BCUT2D eigenvalue weighted by Gasteiger charge is -2.17. The molecule has 2 N–H and O–H groups in total. The average Bonchev–Trinajstić information content (AvgIpc) is 2.36. The van der Waals surface area contributed by atoms with Crippen molar-refractivity contribution in [1.82, 2.24) is 0 Å². The molecule has 0 radical (unpaired) electrons. The first-order chi connectivity index (χ1) is 10.3. The Morgan fingerprint density at radius 3 is 1.68 bits per heavy atom. The van der Waals surface area contributed by atoms with Crippen LogP contribution in [0.25, 0.3) is 0 Å². The standard InChI is InChI=1S/C16H18O6/c1-4-5-10(13-11(17)6-8(2)21-15(13)19)14-12(18)7-9(3)22-16(14)20/h6-7,10,17-18H,4-5H2,1-3H3. The molecule has 0 saturated heterocycles. The highest BCUT2D eigenvalue weighted by molar-refractivity contribution is 5.43. The molecule has 0 aliphatic rings. The van der Waals surface area contributed by atoms with E-state index in [2.05, 4.69) is 0 Å². The summed E-state index contributed by atoms with van der Waals surface area (Å²) in [6.45, 7) is 4.95. The summed E-state index contributed by atoms with van der Waals surface area (Å²) in [5, 5.41) is 20.2. The maximum atomic E-state index is 12.1. The zero-order valence-electron chi connectivity index (χ0n) is 12.7. The van der Waals surface area contributed by atoms with Crippen molar-refractivity contribution >= 4 is 0 Å². The van der Waals surface area contributed by atoms with Crippen LogP contribution >= 0.6 is 0 Å². The quantitative estimate of drug-likeness (QED) is 0.900. The predicted octanol–water partition coefficient (Wildman–Crippen LogP) is 2.55. The van der Waals surface area contributed by atoms with E-state index in [1.807, 2.05) is 6.92 Å². The van der Waals surface area contributed by atoms with E-state index >= 15 is 0 Å². The Labute approximate surface area is 126 Å². The molecule has 0 bridgehead atoms. The van der Waals surface area contributed by atoms with Gasteiger partial charge in [-0.1, -0.05) is 13.3 Å². The van der Waals surface area contributed by atoms with E-state index in [-0.39, 0.29) is 34.1 Å². The Morgan fingerprint density at radius 1 is 0.955 bits per heavy atom. The van der Waals surface area contributed by atoms with Gasteiger partial charge in [0.05, 0.1) is 11.1 Å². The molecule has 0 aromatic carbocycles. The van der Waals surface area contributed by atoms with E-state index in [0.717, 1.165) is 0 Å². The molecule has 0 unspecified atom stereocenters. The first-order valence-corrected chi connectivity index (χ1v) is 7.02. The molecule has 2 rings (SSSR count). The zero-order chi connectivity index (χ0) is 16.4. The average molecular weight is 306 g/mol. The third-order valence-corrected chi connectivity index (χ3v) is 3.45. The summed E-state index contributed by atoms with van der Waals surface area (Å²) in [5.74, 6) is -0.778. The molecule has 2 heterocycles.